The summed E-state index contributed by atoms with van der Waals surface area (Å²) < 4.78 is 5.16. The summed E-state index contributed by atoms with van der Waals surface area (Å²) in [7, 11) is 1.64. The Morgan fingerprint density at radius 3 is 2.25 bits per heavy atom. The van der Waals surface area contributed by atoms with Gasteiger partial charge in [-0.1, -0.05) is 24.3 Å². The van der Waals surface area contributed by atoms with Gasteiger partial charge in [-0.2, -0.15) is 5.26 Å². The van der Waals surface area contributed by atoms with Crippen molar-refractivity contribution in [2.75, 3.05) is 17.7 Å². The van der Waals surface area contributed by atoms with Crippen LogP contribution in [0.15, 0.2) is 48.5 Å². The van der Waals surface area contributed by atoms with Crippen molar-refractivity contribution in [3.05, 3.63) is 54.1 Å². The van der Waals surface area contributed by atoms with Crippen LogP contribution in [0, 0.1) is 11.3 Å². The number of nitrogens with zero attached hydrogens (tertiary/aromatic N) is 1. The van der Waals surface area contributed by atoms with Gasteiger partial charge in [-0.05, 0) is 29.8 Å². The number of hydrogen-bond acceptors (Lipinski definition) is 4. The highest BCUT2D eigenvalue weighted by Gasteiger charge is 2.28. The number of ether oxygens (including phenoxy) is 1. The maximum absolute atomic E-state index is 9.37. The van der Waals surface area contributed by atoms with Gasteiger partial charge in [-0.15, -0.1) is 0 Å². The Kier molecular flexibility index (Phi) is 3.18. The molecule has 2 N–H and O–H groups in total. The van der Waals surface area contributed by atoms with Crippen molar-refractivity contribution in [1.82, 2.24) is 0 Å². The Morgan fingerprint density at radius 1 is 1.00 bits per heavy atom. The fourth-order valence-corrected chi connectivity index (χ4v) is 2.43. The molecule has 1 heterocycles. The maximum Gasteiger partial charge on any atom is 0.139 e. The van der Waals surface area contributed by atoms with Crippen LogP contribution in [0.25, 0.3) is 0 Å². The Morgan fingerprint density at radius 2 is 1.65 bits per heavy atom. The number of hydrogen-bond donors (Lipinski definition) is 2. The molecule has 0 saturated carbocycles. The van der Waals surface area contributed by atoms with Gasteiger partial charge in [0, 0.05) is 0 Å². The molecule has 2 aromatic carbocycles. The first-order chi connectivity index (χ1) is 9.81. The number of anilines is 2. The van der Waals surface area contributed by atoms with Gasteiger partial charge in [0.05, 0.1) is 30.6 Å². The number of nitriles is 1. The van der Waals surface area contributed by atoms with Crippen molar-refractivity contribution in [2.45, 2.75) is 12.1 Å². The van der Waals surface area contributed by atoms with Gasteiger partial charge < -0.3 is 15.4 Å². The van der Waals surface area contributed by atoms with Gasteiger partial charge in [0.25, 0.3) is 0 Å². The van der Waals surface area contributed by atoms with E-state index in [0.29, 0.717) is 0 Å². The van der Waals surface area contributed by atoms with Crippen LogP contribution in [-0.2, 0) is 0 Å². The van der Waals surface area contributed by atoms with Gasteiger partial charge in [0.1, 0.15) is 11.8 Å². The lowest BCUT2D eigenvalue weighted by molar-refractivity contribution is 0.414. The van der Waals surface area contributed by atoms with Crippen molar-refractivity contribution in [1.29, 1.82) is 5.26 Å². The average molecular weight is 265 g/mol. The lowest BCUT2D eigenvalue weighted by Gasteiger charge is -2.32. The van der Waals surface area contributed by atoms with E-state index in [1.54, 1.807) is 7.11 Å². The summed E-state index contributed by atoms with van der Waals surface area (Å²) in [5.41, 5.74) is 3.03. The molecule has 1 aliphatic heterocycles. The quantitative estimate of drug-likeness (QED) is 0.875. The third kappa shape index (κ3) is 2.14. The largest absolute Gasteiger partial charge is 0.497 e. The minimum Gasteiger partial charge on any atom is -0.497 e. The molecule has 0 aromatic heterocycles. The summed E-state index contributed by atoms with van der Waals surface area (Å²) in [5.74, 6) is 0.812. The minimum atomic E-state index is -0.307. The number of nitrogens with one attached hydrogen (secondary N) is 2. The number of methoxy groups -OCH3 is 1. The molecular formula is C16H15N3O. The van der Waals surface area contributed by atoms with Gasteiger partial charge in [0.15, 0.2) is 0 Å². The number of benzene rings is 2. The average Bonchev–Trinajstić information content (AvgIpc) is 2.53. The van der Waals surface area contributed by atoms with E-state index in [-0.39, 0.29) is 12.1 Å². The summed E-state index contributed by atoms with van der Waals surface area (Å²) >= 11 is 0. The summed E-state index contributed by atoms with van der Waals surface area (Å²) in [4.78, 5) is 0. The van der Waals surface area contributed by atoms with Crippen LogP contribution in [0.3, 0.4) is 0 Å². The molecule has 0 amide bonds. The standard InChI is InChI=1S/C16H15N3O/c1-20-12-8-6-11(7-9-12)16-15(10-17)18-13-4-2-3-5-14(13)19-16/h2-9,15-16,18-19H,1H3/t15-,16-/m0/s1. The van der Waals surface area contributed by atoms with Crippen LogP contribution in [-0.4, -0.2) is 13.2 Å². The highest BCUT2D eigenvalue weighted by molar-refractivity contribution is 5.73. The van der Waals surface area contributed by atoms with Crippen LogP contribution in [0.1, 0.15) is 11.6 Å². The van der Waals surface area contributed by atoms with Gasteiger partial charge in [0.2, 0.25) is 0 Å². The second kappa shape index (κ2) is 5.14. The van der Waals surface area contributed by atoms with E-state index in [4.69, 9.17) is 4.74 Å². The second-order valence-corrected chi connectivity index (χ2v) is 4.69. The molecule has 0 unspecified atom stereocenters. The van der Waals surface area contributed by atoms with Crippen LogP contribution < -0.4 is 15.4 Å². The van der Waals surface area contributed by atoms with Gasteiger partial charge >= 0.3 is 0 Å². The van der Waals surface area contributed by atoms with Crippen LogP contribution >= 0.6 is 0 Å². The third-order valence-electron chi connectivity index (χ3n) is 3.50. The number of para-hydroxylation sites is 2. The molecule has 0 bridgehead atoms. The lowest BCUT2D eigenvalue weighted by atomic mass is 9.96. The molecule has 0 radical (unpaired) electrons. The fraction of sp³-hybridized carbons (Fsp3) is 0.188. The van der Waals surface area contributed by atoms with Crippen LogP contribution in [0.5, 0.6) is 5.75 Å². The SMILES string of the molecule is COc1ccc([C@@H]2Nc3ccccc3N[C@H]2C#N)cc1. The molecule has 1 aliphatic rings. The first-order valence-electron chi connectivity index (χ1n) is 6.47. The molecule has 100 valence electrons. The van der Waals surface area contributed by atoms with Gasteiger partial charge in [-0.3, -0.25) is 0 Å². The van der Waals surface area contributed by atoms with E-state index in [2.05, 4.69) is 16.7 Å². The van der Waals surface area contributed by atoms with E-state index in [9.17, 15) is 5.26 Å². The van der Waals surface area contributed by atoms with Crippen molar-refractivity contribution in [3.63, 3.8) is 0 Å². The van der Waals surface area contributed by atoms with Crippen molar-refractivity contribution < 1.29 is 4.74 Å². The van der Waals surface area contributed by atoms with E-state index in [1.807, 2.05) is 48.5 Å². The van der Waals surface area contributed by atoms with Crippen molar-refractivity contribution in [3.8, 4) is 11.8 Å². The lowest BCUT2D eigenvalue weighted by Crippen LogP contribution is -2.35. The van der Waals surface area contributed by atoms with Crippen LogP contribution in [0.4, 0.5) is 11.4 Å². The normalized spacial score (nSPS) is 20.0. The molecule has 2 aromatic rings. The summed E-state index contributed by atoms with van der Waals surface area (Å²) in [6, 6.07) is 17.6. The Balaban J connectivity index is 1.94. The van der Waals surface area contributed by atoms with Gasteiger partial charge in [-0.25, -0.2) is 0 Å². The van der Waals surface area contributed by atoms with Crippen molar-refractivity contribution in [2.24, 2.45) is 0 Å². The Hall–Kier alpha value is -2.67. The van der Waals surface area contributed by atoms with E-state index in [1.165, 1.54) is 0 Å². The molecule has 0 saturated heterocycles. The molecule has 0 fully saturated rings. The molecule has 4 heteroatoms. The topological polar surface area (TPSA) is 57.1 Å². The highest BCUT2D eigenvalue weighted by Crippen LogP contribution is 2.35. The summed E-state index contributed by atoms with van der Waals surface area (Å²) in [6.07, 6.45) is 0. The monoisotopic (exact) mass is 265 g/mol. The molecule has 2 atom stereocenters. The fourth-order valence-electron chi connectivity index (χ4n) is 2.43. The molecule has 4 nitrogen and oxygen atoms in total. The predicted molar refractivity (Wildman–Crippen MR) is 78.8 cm³/mol. The smallest absolute Gasteiger partial charge is 0.139 e. The molecule has 0 aliphatic carbocycles. The van der Waals surface area contributed by atoms with E-state index >= 15 is 0 Å². The first-order valence-corrected chi connectivity index (χ1v) is 6.47. The molecule has 3 rings (SSSR count). The predicted octanol–water partition coefficient (Wildman–Crippen LogP) is 3.17. The third-order valence-corrected chi connectivity index (χ3v) is 3.50. The number of fused-ring (bicyclic) bond motifs is 1. The molecule has 0 spiro atoms. The zero-order chi connectivity index (χ0) is 13.9. The number of rotatable bonds is 2. The zero-order valence-corrected chi connectivity index (χ0v) is 11.1. The zero-order valence-electron chi connectivity index (χ0n) is 11.1. The van der Waals surface area contributed by atoms with E-state index < -0.39 is 0 Å². The Labute approximate surface area is 118 Å². The maximum atomic E-state index is 9.37. The molecular weight excluding hydrogens is 250 g/mol. The van der Waals surface area contributed by atoms with E-state index in [0.717, 1.165) is 22.7 Å². The minimum absolute atomic E-state index is 0.0826. The first kappa shape index (κ1) is 12.4. The summed E-state index contributed by atoms with van der Waals surface area (Å²) in [5, 5.41) is 16.1. The molecule has 20 heavy (non-hydrogen) atoms. The van der Waals surface area contributed by atoms with Crippen molar-refractivity contribution >= 4 is 11.4 Å². The van der Waals surface area contributed by atoms with Crippen LogP contribution in [0.2, 0.25) is 0 Å². The highest BCUT2D eigenvalue weighted by atomic mass is 16.5. The Bertz CT molecular complexity index is 646. The summed E-state index contributed by atoms with van der Waals surface area (Å²) in [6.45, 7) is 0. The second-order valence-electron chi connectivity index (χ2n) is 4.69.